The van der Waals surface area contributed by atoms with Crippen molar-refractivity contribution in [1.82, 2.24) is 10.2 Å². The highest BCUT2D eigenvalue weighted by molar-refractivity contribution is 5.94. The van der Waals surface area contributed by atoms with Gasteiger partial charge in [0, 0.05) is 19.1 Å². The maximum atomic E-state index is 13.0. The average molecular weight is 314 g/mol. The summed E-state index contributed by atoms with van der Waals surface area (Å²) >= 11 is 0. The Morgan fingerprint density at radius 2 is 2.00 bits per heavy atom. The average Bonchev–Trinajstić information content (AvgIpc) is 3.31. The molecular weight excluding hydrogens is 288 g/mol. The zero-order valence-corrected chi connectivity index (χ0v) is 14.0. The Balaban J connectivity index is 1.77. The van der Waals surface area contributed by atoms with Gasteiger partial charge in [-0.25, -0.2) is 0 Å². The Morgan fingerprint density at radius 3 is 2.61 bits per heavy atom. The highest BCUT2D eigenvalue weighted by Crippen LogP contribution is 2.42. The standard InChI is InChI=1S/C19H26N2O2/c1-3-11-19(2)16(17(22)20-15-9-10-15)13-21(18(19)23)12-14-7-5-4-6-8-14/h4-8,15-16H,3,9-13H2,1-2H3,(H,20,22). The molecule has 2 atom stereocenters. The van der Waals surface area contributed by atoms with E-state index in [1.165, 1.54) is 0 Å². The number of nitrogens with zero attached hydrogens (tertiary/aromatic N) is 1. The molecule has 1 saturated heterocycles. The minimum absolute atomic E-state index is 0.0624. The van der Waals surface area contributed by atoms with Gasteiger partial charge in [-0.1, -0.05) is 43.7 Å². The van der Waals surface area contributed by atoms with E-state index < -0.39 is 5.41 Å². The largest absolute Gasteiger partial charge is 0.353 e. The second kappa shape index (κ2) is 6.34. The van der Waals surface area contributed by atoms with E-state index in [0.717, 1.165) is 31.2 Å². The summed E-state index contributed by atoms with van der Waals surface area (Å²) in [4.78, 5) is 27.5. The second-order valence-corrected chi connectivity index (χ2v) is 7.17. The number of hydrogen-bond donors (Lipinski definition) is 1. The Bertz CT molecular complexity index is 582. The number of likely N-dealkylation sites (tertiary alicyclic amines) is 1. The predicted octanol–water partition coefficient (Wildman–Crippen LogP) is 2.73. The van der Waals surface area contributed by atoms with Gasteiger partial charge in [-0.3, -0.25) is 9.59 Å². The molecule has 1 aliphatic carbocycles. The maximum absolute atomic E-state index is 13.0. The van der Waals surface area contributed by atoms with Crippen LogP contribution < -0.4 is 5.32 Å². The molecule has 1 N–H and O–H groups in total. The first kappa shape index (κ1) is 16.0. The first-order valence-corrected chi connectivity index (χ1v) is 8.68. The minimum Gasteiger partial charge on any atom is -0.353 e. The van der Waals surface area contributed by atoms with E-state index in [1.54, 1.807) is 0 Å². The van der Waals surface area contributed by atoms with Gasteiger partial charge in [0.05, 0.1) is 11.3 Å². The van der Waals surface area contributed by atoms with Crippen LogP contribution in [0.5, 0.6) is 0 Å². The molecule has 2 aliphatic rings. The third-order valence-corrected chi connectivity index (χ3v) is 5.17. The molecule has 1 aliphatic heterocycles. The summed E-state index contributed by atoms with van der Waals surface area (Å²) in [5, 5.41) is 3.10. The Labute approximate surface area is 138 Å². The molecule has 3 rings (SSSR count). The van der Waals surface area contributed by atoms with Gasteiger partial charge in [-0.2, -0.15) is 0 Å². The summed E-state index contributed by atoms with van der Waals surface area (Å²) < 4.78 is 0. The molecule has 23 heavy (non-hydrogen) atoms. The van der Waals surface area contributed by atoms with E-state index in [-0.39, 0.29) is 17.7 Å². The van der Waals surface area contributed by atoms with E-state index in [4.69, 9.17) is 0 Å². The molecule has 0 spiro atoms. The minimum atomic E-state index is -0.567. The molecule has 0 bridgehead atoms. The van der Waals surface area contributed by atoms with Crippen LogP contribution in [-0.2, 0) is 16.1 Å². The molecule has 4 heteroatoms. The second-order valence-electron chi connectivity index (χ2n) is 7.17. The molecule has 1 aromatic rings. The van der Waals surface area contributed by atoms with Crippen LogP contribution in [0.25, 0.3) is 0 Å². The molecule has 0 radical (unpaired) electrons. The number of nitrogens with one attached hydrogen (secondary N) is 1. The van der Waals surface area contributed by atoms with E-state index in [9.17, 15) is 9.59 Å². The molecule has 124 valence electrons. The number of carbonyl (C=O) groups excluding carboxylic acids is 2. The molecule has 1 aromatic carbocycles. The number of rotatable bonds is 6. The maximum Gasteiger partial charge on any atom is 0.229 e. The van der Waals surface area contributed by atoms with Gasteiger partial charge in [-0.05, 0) is 31.7 Å². The number of hydrogen-bond acceptors (Lipinski definition) is 2. The number of carbonyl (C=O) groups is 2. The first-order valence-electron chi connectivity index (χ1n) is 8.68. The summed E-state index contributed by atoms with van der Waals surface area (Å²) in [6.45, 7) is 5.17. The monoisotopic (exact) mass is 314 g/mol. The summed E-state index contributed by atoms with van der Waals surface area (Å²) in [7, 11) is 0. The van der Waals surface area contributed by atoms with Crippen molar-refractivity contribution in [2.24, 2.45) is 11.3 Å². The fourth-order valence-electron chi connectivity index (χ4n) is 3.66. The highest BCUT2D eigenvalue weighted by Gasteiger charge is 2.53. The van der Waals surface area contributed by atoms with E-state index in [0.29, 0.717) is 19.1 Å². The lowest BCUT2D eigenvalue weighted by atomic mass is 9.75. The predicted molar refractivity (Wildman–Crippen MR) is 89.5 cm³/mol. The molecule has 2 fully saturated rings. The smallest absolute Gasteiger partial charge is 0.229 e. The third kappa shape index (κ3) is 3.26. The van der Waals surface area contributed by atoms with Gasteiger partial charge in [0.15, 0.2) is 0 Å². The fourth-order valence-corrected chi connectivity index (χ4v) is 3.66. The van der Waals surface area contributed by atoms with Crippen LogP contribution >= 0.6 is 0 Å². The zero-order valence-electron chi connectivity index (χ0n) is 14.0. The van der Waals surface area contributed by atoms with Crippen molar-refractivity contribution in [2.75, 3.05) is 6.54 Å². The van der Waals surface area contributed by atoms with Crippen molar-refractivity contribution < 1.29 is 9.59 Å². The molecule has 1 heterocycles. The van der Waals surface area contributed by atoms with Gasteiger partial charge in [0.2, 0.25) is 11.8 Å². The van der Waals surface area contributed by atoms with Crippen molar-refractivity contribution in [2.45, 2.75) is 52.1 Å². The molecule has 4 nitrogen and oxygen atoms in total. The van der Waals surface area contributed by atoms with Crippen molar-refractivity contribution in [3.05, 3.63) is 35.9 Å². The first-order chi connectivity index (χ1) is 11.0. The van der Waals surface area contributed by atoms with Gasteiger partial charge < -0.3 is 10.2 Å². The van der Waals surface area contributed by atoms with Gasteiger partial charge in [0.1, 0.15) is 0 Å². The molecule has 1 saturated carbocycles. The van der Waals surface area contributed by atoms with Gasteiger partial charge in [0.25, 0.3) is 0 Å². The quantitative estimate of drug-likeness (QED) is 0.878. The van der Waals surface area contributed by atoms with E-state index >= 15 is 0 Å². The van der Waals surface area contributed by atoms with E-state index in [1.807, 2.05) is 42.2 Å². The van der Waals surface area contributed by atoms with Crippen LogP contribution in [-0.4, -0.2) is 29.3 Å². The summed E-state index contributed by atoms with van der Waals surface area (Å²) in [5.41, 5.74) is 0.547. The topological polar surface area (TPSA) is 49.4 Å². The summed E-state index contributed by atoms with van der Waals surface area (Å²) in [6.07, 6.45) is 3.82. The summed E-state index contributed by atoms with van der Waals surface area (Å²) in [5.74, 6) is -0.0502. The fraction of sp³-hybridized carbons (Fsp3) is 0.579. The normalized spacial score (nSPS) is 27.3. The van der Waals surface area contributed by atoms with Crippen molar-refractivity contribution in [1.29, 1.82) is 0 Å². The van der Waals surface area contributed by atoms with Crippen LogP contribution in [0.1, 0.15) is 45.1 Å². The van der Waals surface area contributed by atoms with Crippen LogP contribution in [0.4, 0.5) is 0 Å². The molecule has 2 amide bonds. The van der Waals surface area contributed by atoms with Crippen molar-refractivity contribution in [3.8, 4) is 0 Å². The van der Waals surface area contributed by atoms with Crippen LogP contribution in [0.15, 0.2) is 30.3 Å². The molecule has 0 aromatic heterocycles. The molecular formula is C19H26N2O2. The van der Waals surface area contributed by atoms with Crippen molar-refractivity contribution in [3.63, 3.8) is 0 Å². The lowest BCUT2D eigenvalue weighted by molar-refractivity contribution is -0.139. The highest BCUT2D eigenvalue weighted by atomic mass is 16.2. The van der Waals surface area contributed by atoms with Crippen LogP contribution in [0.2, 0.25) is 0 Å². The van der Waals surface area contributed by atoms with Crippen LogP contribution in [0, 0.1) is 11.3 Å². The van der Waals surface area contributed by atoms with E-state index in [2.05, 4.69) is 12.2 Å². The Hall–Kier alpha value is -1.84. The summed E-state index contributed by atoms with van der Waals surface area (Å²) in [6, 6.07) is 10.3. The SMILES string of the molecule is CCCC1(C)C(=O)N(Cc2ccccc2)CC1C(=O)NC1CC1. The Morgan fingerprint density at radius 1 is 1.30 bits per heavy atom. The Kier molecular flexibility index (Phi) is 4.42. The van der Waals surface area contributed by atoms with Gasteiger partial charge in [-0.15, -0.1) is 0 Å². The van der Waals surface area contributed by atoms with Crippen LogP contribution in [0.3, 0.4) is 0 Å². The third-order valence-electron chi connectivity index (χ3n) is 5.17. The lowest BCUT2D eigenvalue weighted by Crippen LogP contribution is -2.42. The lowest BCUT2D eigenvalue weighted by Gasteiger charge is -2.27. The van der Waals surface area contributed by atoms with Crippen molar-refractivity contribution >= 4 is 11.8 Å². The number of benzene rings is 1. The molecule has 2 unspecified atom stereocenters. The number of amides is 2. The zero-order chi connectivity index (χ0) is 16.4. The van der Waals surface area contributed by atoms with Gasteiger partial charge >= 0.3 is 0 Å².